The van der Waals surface area contributed by atoms with Gasteiger partial charge < -0.3 is 0 Å². The predicted octanol–water partition coefficient (Wildman–Crippen LogP) is -2.86. The average Bonchev–Trinajstić information content (AvgIpc) is 3.32. The molecule has 0 aromatic carbocycles. The SMILES string of the molecule is CN1C(=O)CC(C2C(=O)N(C3CC(=O)N(C)C3=O)C(=O)N2C2CC(=O)N(C)C2=O)C1=O. The summed E-state index contributed by atoms with van der Waals surface area (Å²) in [6.45, 7) is 0. The number of likely N-dealkylation sites (tertiary alicyclic amines) is 3. The molecule has 9 amide bonds. The average molecular weight is 433 g/mol. The summed E-state index contributed by atoms with van der Waals surface area (Å²) in [5.41, 5.74) is 0. The lowest BCUT2D eigenvalue weighted by Crippen LogP contribution is -2.51. The Kier molecular flexibility index (Phi) is 4.45. The van der Waals surface area contributed by atoms with Crippen LogP contribution in [0.5, 0.6) is 0 Å². The zero-order chi connectivity index (χ0) is 22.9. The van der Waals surface area contributed by atoms with Gasteiger partial charge in [0.15, 0.2) is 0 Å². The van der Waals surface area contributed by atoms with Gasteiger partial charge in [-0.3, -0.25) is 53.2 Å². The van der Waals surface area contributed by atoms with E-state index in [-0.39, 0.29) is 6.42 Å². The first-order valence-corrected chi connectivity index (χ1v) is 9.54. The lowest BCUT2D eigenvalue weighted by Gasteiger charge is -2.28. The second-order valence-electron chi connectivity index (χ2n) is 7.97. The molecular weight excluding hydrogens is 414 g/mol. The quantitative estimate of drug-likeness (QED) is 0.340. The standard InChI is InChI=1S/C18H19N5O8/c1-19-10(24)4-7(14(19)27)13-17(30)23(9-6-12(26)21(3)16(9)29)18(31)22(13)8-5-11(25)20(2)15(8)28/h7-9,13H,4-6H2,1-3H3. The number of likely N-dealkylation sites (N-methyl/N-ethyl adjacent to an activating group) is 2. The molecule has 13 nitrogen and oxygen atoms in total. The Morgan fingerprint density at radius 3 is 1.45 bits per heavy atom. The van der Waals surface area contributed by atoms with Gasteiger partial charge in [-0.1, -0.05) is 0 Å². The number of imide groups is 4. The molecule has 0 aliphatic carbocycles. The van der Waals surface area contributed by atoms with Crippen LogP contribution < -0.4 is 0 Å². The van der Waals surface area contributed by atoms with Crippen molar-refractivity contribution in [2.24, 2.45) is 5.92 Å². The minimum atomic E-state index is -1.55. The van der Waals surface area contributed by atoms with E-state index >= 15 is 0 Å². The van der Waals surface area contributed by atoms with Crippen LogP contribution in [0.3, 0.4) is 0 Å². The van der Waals surface area contributed by atoms with Crippen LogP contribution in [0.2, 0.25) is 0 Å². The van der Waals surface area contributed by atoms with Crippen LogP contribution in [-0.2, 0) is 33.6 Å². The molecule has 4 fully saturated rings. The third kappa shape index (κ3) is 2.68. The van der Waals surface area contributed by atoms with Gasteiger partial charge >= 0.3 is 6.03 Å². The molecule has 0 radical (unpaired) electrons. The maximum Gasteiger partial charge on any atom is 0.328 e. The van der Waals surface area contributed by atoms with Crippen molar-refractivity contribution in [1.29, 1.82) is 0 Å². The lowest BCUT2D eigenvalue weighted by atomic mass is 9.95. The fourth-order valence-corrected chi connectivity index (χ4v) is 4.50. The highest BCUT2D eigenvalue weighted by atomic mass is 16.2. The van der Waals surface area contributed by atoms with Crippen LogP contribution in [0.15, 0.2) is 0 Å². The van der Waals surface area contributed by atoms with Gasteiger partial charge in [-0.2, -0.15) is 0 Å². The summed E-state index contributed by atoms with van der Waals surface area (Å²) in [6, 6.07) is -5.37. The van der Waals surface area contributed by atoms with Crippen LogP contribution in [0.1, 0.15) is 19.3 Å². The van der Waals surface area contributed by atoms with Gasteiger partial charge in [0.1, 0.15) is 18.1 Å². The van der Waals surface area contributed by atoms with E-state index in [2.05, 4.69) is 0 Å². The Labute approximate surface area is 175 Å². The van der Waals surface area contributed by atoms with Crippen molar-refractivity contribution in [2.45, 2.75) is 37.4 Å². The number of carbonyl (C=O) groups is 8. The fraction of sp³-hybridized carbons (Fsp3) is 0.556. The summed E-state index contributed by atoms with van der Waals surface area (Å²) in [5.74, 6) is -6.18. The van der Waals surface area contributed by atoms with Crippen molar-refractivity contribution >= 4 is 47.4 Å². The van der Waals surface area contributed by atoms with Gasteiger partial charge in [0.25, 0.3) is 17.7 Å². The van der Waals surface area contributed by atoms with Crippen molar-refractivity contribution < 1.29 is 38.4 Å². The number of urea groups is 1. The molecule has 13 heteroatoms. The number of nitrogens with zero attached hydrogens (tertiary/aromatic N) is 5. The second-order valence-corrected chi connectivity index (χ2v) is 7.97. The molecule has 0 aromatic rings. The van der Waals surface area contributed by atoms with Crippen LogP contribution in [0, 0.1) is 5.92 Å². The first-order valence-electron chi connectivity index (χ1n) is 9.54. The van der Waals surface area contributed by atoms with E-state index in [0.29, 0.717) is 4.90 Å². The van der Waals surface area contributed by atoms with E-state index in [1.165, 1.54) is 21.1 Å². The van der Waals surface area contributed by atoms with Gasteiger partial charge in [-0.05, 0) is 0 Å². The molecule has 0 saturated carbocycles. The molecule has 4 rings (SSSR count). The van der Waals surface area contributed by atoms with Crippen LogP contribution in [0.4, 0.5) is 4.79 Å². The fourth-order valence-electron chi connectivity index (χ4n) is 4.50. The smallest absolute Gasteiger partial charge is 0.299 e. The maximum atomic E-state index is 13.3. The molecule has 0 aromatic heterocycles. The third-order valence-corrected chi connectivity index (χ3v) is 6.38. The Morgan fingerprint density at radius 1 is 0.581 bits per heavy atom. The van der Waals surface area contributed by atoms with Crippen molar-refractivity contribution in [3.05, 3.63) is 0 Å². The van der Waals surface area contributed by atoms with Crippen molar-refractivity contribution in [3.63, 3.8) is 0 Å². The predicted molar refractivity (Wildman–Crippen MR) is 96.1 cm³/mol. The summed E-state index contributed by atoms with van der Waals surface area (Å²) < 4.78 is 0. The van der Waals surface area contributed by atoms with Gasteiger partial charge in [0.05, 0.1) is 18.8 Å². The Balaban J connectivity index is 1.77. The number of hydrogen-bond acceptors (Lipinski definition) is 8. The molecule has 4 saturated heterocycles. The van der Waals surface area contributed by atoms with Crippen molar-refractivity contribution in [1.82, 2.24) is 24.5 Å². The van der Waals surface area contributed by atoms with E-state index < -0.39 is 84.3 Å². The van der Waals surface area contributed by atoms with E-state index in [1.807, 2.05) is 0 Å². The minimum absolute atomic E-state index is 0.370. The molecule has 0 bridgehead atoms. The molecule has 4 atom stereocenters. The van der Waals surface area contributed by atoms with Crippen LogP contribution >= 0.6 is 0 Å². The normalized spacial score (nSPS) is 32.2. The van der Waals surface area contributed by atoms with Crippen LogP contribution in [0.25, 0.3) is 0 Å². The molecule has 4 unspecified atom stereocenters. The van der Waals surface area contributed by atoms with Gasteiger partial charge in [-0.25, -0.2) is 9.69 Å². The van der Waals surface area contributed by atoms with Gasteiger partial charge in [0, 0.05) is 27.6 Å². The number of carbonyl (C=O) groups excluding carboxylic acids is 8. The van der Waals surface area contributed by atoms with E-state index in [4.69, 9.17) is 0 Å². The summed E-state index contributed by atoms with van der Waals surface area (Å²) in [7, 11) is 3.68. The van der Waals surface area contributed by atoms with E-state index in [9.17, 15) is 38.4 Å². The van der Waals surface area contributed by atoms with Gasteiger partial charge in [0.2, 0.25) is 23.6 Å². The molecule has 164 valence electrons. The summed E-state index contributed by atoms with van der Waals surface area (Å²) in [5, 5.41) is 0. The monoisotopic (exact) mass is 433 g/mol. The molecule has 4 aliphatic rings. The highest BCUT2D eigenvalue weighted by Gasteiger charge is 2.62. The maximum absolute atomic E-state index is 13.3. The van der Waals surface area contributed by atoms with Crippen molar-refractivity contribution in [3.8, 4) is 0 Å². The molecule has 0 N–H and O–H groups in total. The highest BCUT2D eigenvalue weighted by Crippen LogP contribution is 2.37. The van der Waals surface area contributed by atoms with Crippen LogP contribution in [-0.4, -0.2) is 111 Å². The number of hydrogen-bond donors (Lipinski definition) is 0. The highest BCUT2D eigenvalue weighted by molar-refractivity contribution is 6.17. The minimum Gasteiger partial charge on any atom is -0.299 e. The zero-order valence-corrected chi connectivity index (χ0v) is 16.9. The Morgan fingerprint density at radius 2 is 1.03 bits per heavy atom. The zero-order valence-electron chi connectivity index (χ0n) is 16.9. The molecule has 4 heterocycles. The Hall–Kier alpha value is -3.64. The Bertz CT molecular complexity index is 933. The number of amides is 9. The molecular formula is C18H19N5O8. The second kappa shape index (κ2) is 6.68. The van der Waals surface area contributed by atoms with Gasteiger partial charge in [-0.15, -0.1) is 0 Å². The molecule has 31 heavy (non-hydrogen) atoms. The first-order chi connectivity index (χ1) is 14.5. The summed E-state index contributed by atoms with van der Waals surface area (Å²) in [4.78, 5) is 104. The lowest BCUT2D eigenvalue weighted by molar-refractivity contribution is -0.143. The first kappa shape index (κ1) is 20.6. The summed E-state index contributed by atoms with van der Waals surface area (Å²) >= 11 is 0. The third-order valence-electron chi connectivity index (χ3n) is 6.38. The summed E-state index contributed by atoms with van der Waals surface area (Å²) in [6.07, 6.45) is -1.20. The topological polar surface area (TPSA) is 153 Å². The van der Waals surface area contributed by atoms with E-state index in [0.717, 1.165) is 19.6 Å². The molecule has 0 spiro atoms. The molecule has 4 aliphatic heterocycles. The number of rotatable bonds is 3. The largest absolute Gasteiger partial charge is 0.328 e. The van der Waals surface area contributed by atoms with E-state index in [1.54, 1.807) is 0 Å². The van der Waals surface area contributed by atoms with Crippen molar-refractivity contribution in [2.75, 3.05) is 21.1 Å².